The first-order valence-electron chi connectivity index (χ1n) is 8.32. The zero-order valence-electron chi connectivity index (χ0n) is 15.2. The van der Waals surface area contributed by atoms with Crippen LogP contribution in [0.4, 0.5) is 0 Å². The van der Waals surface area contributed by atoms with Gasteiger partial charge in [-0.1, -0.05) is 41.4 Å². The Balaban J connectivity index is 2.08. The highest BCUT2D eigenvalue weighted by molar-refractivity contribution is 6.42. The number of halogens is 2. The Hall–Kier alpha value is -2.94. The van der Waals surface area contributed by atoms with Crippen molar-refractivity contribution in [2.45, 2.75) is 13.5 Å². The molecule has 0 aliphatic carbocycles. The molecule has 0 saturated carbocycles. The lowest BCUT2D eigenvalue weighted by atomic mass is 9.99. The third kappa shape index (κ3) is 3.99. The zero-order valence-corrected chi connectivity index (χ0v) is 16.7. The van der Waals surface area contributed by atoms with Gasteiger partial charge in [0.05, 0.1) is 17.2 Å². The van der Waals surface area contributed by atoms with Gasteiger partial charge in [-0.25, -0.2) is 0 Å². The second kappa shape index (κ2) is 8.39. The highest BCUT2D eigenvalue weighted by Gasteiger charge is 2.18. The van der Waals surface area contributed by atoms with E-state index < -0.39 is 5.56 Å². The molecule has 0 aliphatic heterocycles. The molecule has 0 radical (unpaired) electrons. The number of H-pyrrole nitrogens is 1. The Labute approximate surface area is 172 Å². The maximum atomic E-state index is 12.2. The van der Waals surface area contributed by atoms with Crippen LogP contribution in [0, 0.1) is 18.3 Å². The second-order valence-electron chi connectivity index (χ2n) is 6.06. The molecule has 0 fully saturated rings. The van der Waals surface area contributed by atoms with Gasteiger partial charge >= 0.3 is 0 Å². The molecule has 1 aromatic heterocycles. The van der Waals surface area contributed by atoms with Crippen LogP contribution in [-0.4, -0.2) is 12.1 Å². The Morgan fingerprint density at radius 1 is 1.11 bits per heavy atom. The highest BCUT2D eigenvalue weighted by atomic mass is 35.5. The molecule has 7 heteroatoms. The highest BCUT2D eigenvalue weighted by Crippen LogP contribution is 2.39. The number of nitrogens with zero attached hydrogens (tertiary/aromatic N) is 1. The summed E-state index contributed by atoms with van der Waals surface area (Å²) >= 11 is 12.0. The number of aromatic nitrogens is 1. The lowest BCUT2D eigenvalue weighted by molar-refractivity contribution is 0.286. The van der Waals surface area contributed by atoms with Crippen molar-refractivity contribution in [1.29, 1.82) is 5.26 Å². The summed E-state index contributed by atoms with van der Waals surface area (Å²) < 4.78 is 11.5. The number of para-hydroxylation sites is 1. The normalized spacial score (nSPS) is 10.4. The molecule has 5 nitrogen and oxygen atoms in total. The quantitative estimate of drug-likeness (QED) is 0.628. The zero-order chi connectivity index (χ0) is 20.3. The molecule has 142 valence electrons. The van der Waals surface area contributed by atoms with E-state index in [1.165, 1.54) is 7.11 Å². The topological polar surface area (TPSA) is 75.1 Å². The number of nitriles is 1. The van der Waals surface area contributed by atoms with Crippen molar-refractivity contribution in [1.82, 2.24) is 4.98 Å². The van der Waals surface area contributed by atoms with Crippen molar-refractivity contribution in [3.8, 4) is 28.7 Å². The van der Waals surface area contributed by atoms with Crippen molar-refractivity contribution in [2.75, 3.05) is 7.11 Å². The van der Waals surface area contributed by atoms with E-state index in [-0.39, 0.29) is 12.2 Å². The van der Waals surface area contributed by atoms with Crippen LogP contribution in [-0.2, 0) is 6.61 Å². The van der Waals surface area contributed by atoms with Crippen LogP contribution in [0.25, 0.3) is 11.1 Å². The molecule has 3 rings (SSSR count). The molecule has 1 heterocycles. The minimum Gasteiger partial charge on any atom is -0.493 e. The number of nitrogens with one attached hydrogen (secondary N) is 1. The van der Waals surface area contributed by atoms with Gasteiger partial charge in [0.1, 0.15) is 18.2 Å². The monoisotopic (exact) mass is 414 g/mol. The molecule has 0 saturated heterocycles. The Morgan fingerprint density at radius 2 is 1.89 bits per heavy atom. The smallest absolute Gasteiger partial charge is 0.266 e. The number of hydrogen-bond donors (Lipinski definition) is 1. The summed E-state index contributed by atoms with van der Waals surface area (Å²) in [5, 5.41) is 10.4. The van der Waals surface area contributed by atoms with E-state index in [0.717, 1.165) is 5.56 Å². The minimum absolute atomic E-state index is 0.0123. The fourth-order valence-corrected chi connectivity index (χ4v) is 3.16. The van der Waals surface area contributed by atoms with Crippen LogP contribution in [0.1, 0.15) is 16.8 Å². The first-order valence-corrected chi connectivity index (χ1v) is 9.08. The molecule has 28 heavy (non-hydrogen) atoms. The van der Waals surface area contributed by atoms with Gasteiger partial charge in [0.15, 0.2) is 11.5 Å². The molecule has 2 aromatic carbocycles. The van der Waals surface area contributed by atoms with E-state index in [1.807, 2.05) is 6.07 Å². The minimum atomic E-state index is -0.448. The van der Waals surface area contributed by atoms with Crippen LogP contribution in [0.3, 0.4) is 0 Å². The van der Waals surface area contributed by atoms with Crippen LogP contribution in [0.15, 0.2) is 47.3 Å². The lowest BCUT2D eigenvalue weighted by Gasteiger charge is -2.16. The standard InChI is InChI=1S/C21H16Cl2N2O3/c1-12-8-15(16(10-24)21(26)25-12)14-4-3-5-19(27-2)20(14)28-11-13-6-7-17(22)18(23)9-13/h3-9H,11H2,1-2H3,(H,25,26). The van der Waals surface area contributed by atoms with E-state index >= 15 is 0 Å². The third-order valence-electron chi connectivity index (χ3n) is 4.14. The van der Waals surface area contributed by atoms with Crippen LogP contribution >= 0.6 is 23.2 Å². The maximum Gasteiger partial charge on any atom is 0.266 e. The van der Waals surface area contributed by atoms with Crippen molar-refractivity contribution < 1.29 is 9.47 Å². The van der Waals surface area contributed by atoms with Gasteiger partial charge in [-0.15, -0.1) is 0 Å². The Bertz CT molecular complexity index is 1130. The average molecular weight is 415 g/mol. The van der Waals surface area contributed by atoms with E-state index in [0.29, 0.717) is 38.4 Å². The maximum absolute atomic E-state index is 12.2. The average Bonchev–Trinajstić information content (AvgIpc) is 2.68. The molecule has 0 bridgehead atoms. The number of hydrogen-bond acceptors (Lipinski definition) is 4. The summed E-state index contributed by atoms with van der Waals surface area (Å²) in [4.78, 5) is 14.8. The molecule has 0 atom stereocenters. The molecule has 0 aliphatic rings. The van der Waals surface area contributed by atoms with E-state index in [2.05, 4.69) is 4.98 Å². The fraction of sp³-hybridized carbons (Fsp3) is 0.143. The Kier molecular flexibility index (Phi) is 5.93. The number of methoxy groups -OCH3 is 1. The molecule has 0 unspecified atom stereocenters. The molecular formula is C21H16Cl2N2O3. The van der Waals surface area contributed by atoms with Crippen molar-refractivity contribution in [3.63, 3.8) is 0 Å². The molecular weight excluding hydrogens is 399 g/mol. The van der Waals surface area contributed by atoms with Gasteiger partial charge in [-0.2, -0.15) is 5.26 Å². The summed E-state index contributed by atoms with van der Waals surface area (Å²) in [5.74, 6) is 0.914. The number of aromatic amines is 1. The van der Waals surface area contributed by atoms with Crippen LogP contribution in [0.2, 0.25) is 10.0 Å². The first-order chi connectivity index (χ1) is 13.4. The predicted octanol–water partition coefficient (Wildman–Crippen LogP) is 5.12. The summed E-state index contributed by atoms with van der Waals surface area (Å²) in [5.41, 5.74) is 2.08. The van der Waals surface area contributed by atoms with Gasteiger partial charge in [0.2, 0.25) is 0 Å². The van der Waals surface area contributed by atoms with Gasteiger partial charge < -0.3 is 14.5 Å². The third-order valence-corrected chi connectivity index (χ3v) is 4.87. The van der Waals surface area contributed by atoms with E-state index in [9.17, 15) is 10.1 Å². The van der Waals surface area contributed by atoms with Crippen molar-refractivity contribution in [2.24, 2.45) is 0 Å². The van der Waals surface area contributed by atoms with Crippen LogP contribution in [0.5, 0.6) is 11.5 Å². The Morgan fingerprint density at radius 3 is 2.57 bits per heavy atom. The van der Waals surface area contributed by atoms with Gasteiger partial charge in [0, 0.05) is 16.8 Å². The molecule has 1 N–H and O–H groups in total. The number of ether oxygens (including phenoxy) is 2. The van der Waals surface area contributed by atoms with Crippen LogP contribution < -0.4 is 15.0 Å². The first kappa shape index (κ1) is 19.8. The van der Waals surface area contributed by atoms with Gasteiger partial charge in [-0.05, 0) is 36.8 Å². The summed E-state index contributed by atoms with van der Waals surface area (Å²) in [6.45, 7) is 1.96. The number of aryl methyl sites for hydroxylation is 1. The van der Waals surface area contributed by atoms with Crippen molar-refractivity contribution in [3.05, 3.63) is 79.7 Å². The summed E-state index contributed by atoms with van der Waals surface area (Å²) in [7, 11) is 1.53. The van der Waals surface area contributed by atoms with E-state index in [1.54, 1.807) is 49.4 Å². The van der Waals surface area contributed by atoms with Crippen molar-refractivity contribution >= 4 is 23.2 Å². The largest absolute Gasteiger partial charge is 0.493 e. The van der Waals surface area contributed by atoms with E-state index in [4.69, 9.17) is 32.7 Å². The SMILES string of the molecule is COc1cccc(-c2cc(C)[nH]c(=O)c2C#N)c1OCc1ccc(Cl)c(Cl)c1. The predicted molar refractivity (Wildman–Crippen MR) is 109 cm³/mol. The number of rotatable bonds is 5. The molecule has 0 spiro atoms. The van der Waals surface area contributed by atoms with Gasteiger partial charge in [-0.3, -0.25) is 4.79 Å². The fourth-order valence-electron chi connectivity index (χ4n) is 2.83. The summed E-state index contributed by atoms with van der Waals surface area (Å²) in [6.07, 6.45) is 0. The lowest BCUT2D eigenvalue weighted by Crippen LogP contribution is -2.13. The molecule has 0 amide bonds. The number of benzene rings is 2. The van der Waals surface area contributed by atoms with Gasteiger partial charge in [0.25, 0.3) is 5.56 Å². The molecule has 3 aromatic rings. The summed E-state index contributed by atoms with van der Waals surface area (Å²) in [6, 6.07) is 14.2. The second-order valence-corrected chi connectivity index (χ2v) is 6.87. The number of pyridine rings is 1.